The lowest BCUT2D eigenvalue weighted by Crippen LogP contribution is -2.37. The topological polar surface area (TPSA) is 81.1 Å². The van der Waals surface area contributed by atoms with Gasteiger partial charge in [0.15, 0.2) is 5.65 Å². The van der Waals surface area contributed by atoms with Gasteiger partial charge in [0.25, 0.3) is 0 Å². The maximum atomic E-state index is 6.52. The minimum atomic E-state index is 0.444. The highest BCUT2D eigenvalue weighted by Gasteiger charge is 2.36. The number of halogens is 1. The molecule has 2 atom stereocenters. The highest BCUT2D eigenvalue weighted by atomic mass is 127. The minimum Gasteiger partial charge on any atom is -0.383 e. The van der Waals surface area contributed by atoms with E-state index in [2.05, 4.69) is 62.3 Å². The van der Waals surface area contributed by atoms with Crippen molar-refractivity contribution >= 4 is 34.1 Å². The number of nitrogens with zero attached hydrogens (tertiary/aromatic N) is 4. The Kier molecular flexibility index (Phi) is 4.68. The monoisotopic (exact) mass is 522 g/mol. The molecule has 7 heteroatoms. The summed E-state index contributed by atoms with van der Waals surface area (Å²) in [5.41, 5.74) is 12.5. The van der Waals surface area contributed by atoms with Gasteiger partial charge < -0.3 is 11.1 Å². The van der Waals surface area contributed by atoms with E-state index < -0.39 is 0 Å². The lowest BCUT2D eigenvalue weighted by Gasteiger charge is -2.29. The fraction of sp³-hybridized carbons (Fsp3) is 0.292. The van der Waals surface area contributed by atoms with E-state index >= 15 is 0 Å². The smallest absolute Gasteiger partial charge is 0.165 e. The molecule has 2 fully saturated rings. The second-order valence-electron chi connectivity index (χ2n) is 8.59. The van der Waals surface area contributed by atoms with E-state index in [0.717, 1.165) is 50.1 Å². The van der Waals surface area contributed by atoms with Crippen LogP contribution in [0, 0.1) is 3.57 Å². The molecule has 31 heavy (non-hydrogen) atoms. The SMILES string of the molecule is Nc1c(I)c(C2CC3CCC(C2)N3)nc2c(-c3ccc(-c4ccccc4)nc3)cnn12. The first-order valence-corrected chi connectivity index (χ1v) is 11.9. The molecular weight excluding hydrogens is 499 g/mol. The molecule has 6 nitrogen and oxygen atoms in total. The van der Waals surface area contributed by atoms with E-state index in [1.54, 1.807) is 4.52 Å². The second kappa shape index (κ2) is 7.56. The quantitative estimate of drug-likeness (QED) is 0.383. The third kappa shape index (κ3) is 3.30. The normalized spacial score (nSPS) is 22.8. The molecule has 0 amide bonds. The maximum Gasteiger partial charge on any atom is 0.165 e. The number of benzene rings is 1. The van der Waals surface area contributed by atoms with E-state index in [-0.39, 0.29) is 0 Å². The van der Waals surface area contributed by atoms with Crippen LogP contribution in [0.1, 0.15) is 37.3 Å². The van der Waals surface area contributed by atoms with Crippen LogP contribution in [0.3, 0.4) is 0 Å². The third-order valence-electron chi connectivity index (χ3n) is 6.65. The van der Waals surface area contributed by atoms with Gasteiger partial charge in [-0.2, -0.15) is 9.61 Å². The van der Waals surface area contributed by atoms with Crippen LogP contribution in [0.5, 0.6) is 0 Å². The number of hydrogen-bond donors (Lipinski definition) is 2. The fourth-order valence-electron chi connectivity index (χ4n) is 5.10. The Morgan fingerprint density at radius 2 is 1.74 bits per heavy atom. The predicted octanol–water partition coefficient (Wildman–Crippen LogP) is 4.64. The lowest BCUT2D eigenvalue weighted by atomic mass is 9.89. The first-order valence-electron chi connectivity index (χ1n) is 10.8. The van der Waals surface area contributed by atoms with Crippen LogP contribution < -0.4 is 11.1 Å². The molecule has 0 saturated carbocycles. The number of pyridine rings is 1. The summed E-state index contributed by atoms with van der Waals surface area (Å²) in [5, 5.41) is 8.27. The van der Waals surface area contributed by atoms with Gasteiger partial charge >= 0.3 is 0 Å². The maximum absolute atomic E-state index is 6.52. The number of aromatic nitrogens is 4. The van der Waals surface area contributed by atoms with Crippen molar-refractivity contribution in [1.82, 2.24) is 24.9 Å². The standard InChI is InChI=1S/C24H23IN6/c25-21-22(16-10-17-7-8-18(11-16)29-17)30-24-19(13-28-31(24)23(21)26)15-6-9-20(27-12-15)14-4-2-1-3-5-14/h1-6,9,12-13,16-18,29H,7-8,10-11,26H2. The van der Waals surface area contributed by atoms with Gasteiger partial charge in [-0.1, -0.05) is 36.4 Å². The number of rotatable bonds is 3. The molecule has 4 aromatic rings. The molecule has 0 aliphatic carbocycles. The average molecular weight is 522 g/mol. The molecule has 1 aromatic carbocycles. The Hall–Kier alpha value is -2.52. The molecule has 2 aliphatic rings. The molecule has 3 N–H and O–H groups in total. The lowest BCUT2D eigenvalue weighted by molar-refractivity contribution is 0.358. The molecule has 2 aliphatic heterocycles. The molecule has 2 bridgehead atoms. The Labute approximate surface area is 194 Å². The van der Waals surface area contributed by atoms with Crippen molar-refractivity contribution in [2.75, 3.05) is 5.73 Å². The molecular formula is C24H23IN6. The highest BCUT2D eigenvalue weighted by Crippen LogP contribution is 2.40. The Balaban J connectivity index is 1.41. The number of piperidine rings is 1. The van der Waals surface area contributed by atoms with Crippen molar-refractivity contribution in [3.8, 4) is 22.4 Å². The van der Waals surface area contributed by atoms with Crippen molar-refractivity contribution in [2.45, 2.75) is 43.7 Å². The number of hydrogen-bond acceptors (Lipinski definition) is 5. The largest absolute Gasteiger partial charge is 0.383 e. The number of nitrogens with one attached hydrogen (secondary N) is 1. The second-order valence-corrected chi connectivity index (χ2v) is 9.67. The van der Waals surface area contributed by atoms with Gasteiger partial charge in [-0.3, -0.25) is 4.98 Å². The van der Waals surface area contributed by atoms with Crippen LogP contribution in [0.2, 0.25) is 0 Å². The first-order chi connectivity index (χ1) is 15.2. The molecule has 2 saturated heterocycles. The predicted molar refractivity (Wildman–Crippen MR) is 131 cm³/mol. The third-order valence-corrected chi connectivity index (χ3v) is 7.76. The number of fused-ring (bicyclic) bond motifs is 3. The first kappa shape index (κ1) is 19.2. The summed E-state index contributed by atoms with van der Waals surface area (Å²) in [6.07, 6.45) is 8.56. The van der Waals surface area contributed by atoms with E-state index in [1.165, 1.54) is 12.8 Å². The molecule has 0 radical (unpaired) electrons. The summed E-state index contributed by atoms with van der Waals surface area (Å²) in [5.74, 6) is 1.12. The van der Waals surface area contributed by atoms with Crippen LogP contribution in [0.25, 0.3) is 28.0 Å². The van der Waals surface area contributed by atoms with Gasteiger partial charge in [0, 0.05) is 40.9 Å². The zero-order valence-electron chi connectivity index (χ0n) is 17.0. The van der Waals surface area contributed by atoms with Gasteiger partial charge in [0.2, 0.25) is 0 Å². The Bertz CT molecular complexity index is 1240. The number of anilines is 1. The number of nitrogens with two attached hydrogens (primary N) is 1. The van der Waals surface area contributed by atoms with Crippen LogP contribution in [0.15, 0.2) is 54.9 Å². The molecule has 6 rings (SSSR count). The van der Waals surface area contributed by atoms with Crippen molar-refractivity contribution < 1.29 is 0 Å². The number of nitrogen functional groups attached to an aromatic ring is 1. The van der Waals surface area contributed by atoms with Crippen molar-refractivity contribution in [1.29, 1.82) is 0 Å². The Morgan fingerprint density at radius 1 is 0.968 bits per heavy atom. The van der Waals surface area contributed by atoms with Gasteiger partial charge in [-0.25, -0.2) is 4.98 Å². The summed E-state index contributed by atoms with van der Waals surface area (Å²) in [6.45, 7) is 0. The van der Waals surface area contributed by atoms with Gasteiger partial charge in [0.1, 0.15) is 5.82 Å². The summed E-state index contributed by atoms with van der Waals surface area (Å²) in [7, 11) is 0. The zero-order chi connectivity index (χ0) is 20.9. The van der Waals surface area contributed by atoms with Crippen LogP contribution in [0.4, 0.5) is 5.82 Å². The molecule has 3 aromatic heterocycles. The van der Waals surface area contributed by atoms with E-state index in [4.69, 9.17) is 10.7 Å². The van der Waals surface area contributed by atoms with E-state index in [0.29, 0.717) is 23.8 Å². The van der Waals surface area contributed by atoms with Crippen molar-refractivity contribution in [3.63, 3.8) is 0 Å². The van der Waals surface area contributed by atoms with Crippen molar-refractivity contribution in [3.05, 3.63) is 64.1 Å². The minimum absolute atomic E-state index is 0.444. The Morgan fingerprint density at radius 3 is 2.45 bits per heavy atom. The average Bonchev–Trinajstić information content (AvgIpc) is 3.39. The van der Waals surface area contributed by atoms with Gasteiger partial charge in [-0.15, -0.1) is 0 Å². The molecule has 5 heterocycles. The fourth-order valence-corrected chi connectivity index (χ4v) is 5.89. The highest BCUT2D eigenvalue weighted by molar-refractivity contribution is 14.1. The van der Waals surface area contributed by atoms with Gasteiger partial charge in [-0.05, 0) is 54.3 Å². The van der Waals surface area contributed by atoms with E-state index in [9.17, 15) is 0 Å². The van der Waals surface area contributed by atoms with E-state index in [1.807, 2.05) is 30.6 Å². The van der Waals surface area contributed by atoms with Crippen LogP contribution in [-0.4, -0.2) is 31.7 Å². The summed E-state index contributed by atoms with van der Waals surface area (Å²) in [6, 6.07) is 15.6. The summed E-state index contributed by atoms with van der Waals surface area (Å²) >= 11 is 2.34. The van der Waals surface area contributed by atoms with Crippen LogP contribution >= 0.6 is 22.6 Å². The van der Waals surface area contributed by atoms with Crippen molar-refractivity contribution in [2.24, 2.45) is 0 Å². The zero-order valence-corrected chi connectivity index (χ0v) is 19.2. The summed E-state index contributed by atoms with van der Waals surface area (Å²) in [4.78, 5) is 9.82. The molecule has 0 spiro atoms. The molecule has 156 valence electrons. The summed E-state index contributed by atoms with van der Waals surface area (Å²) < 4.78 is 2.80. The molecule has 2 unspecified atom stereocenters. The van der Waals surface area contributed by atoms with Crippen LogP contribution in [-0.2, 0) is 0 Å². The van der Waals surface area contributed by atoms with Gasteiger partial charge in [0.05, 0.1) is 21.2 Å².